The maximum Gasteiger partial charge on any atom is 0.294 e. The first-order chi connectivity index (χ1) is 11.1. The molecule has 0 spiro atoms. The van der Waals surface area contributed by atoms with Gasteiger partial charge in [0, 0.05) is 10.7 Å². The molecule has 0 radical (unpaired) electrons. The third-order valence-corrected chi connectivity index (χ3v) is 4.41. The van der Waals surface area contributed by atoms with Gasteiger partial charge in [0.2, 0.25) is 5.76 Å². The Morgan fingerprint density at radius 1 is 1.00 bits per heavy atom. The van der Waals surface area contributed by atoms with Crippen molar-refractivity contribution in [1.82, 2.24) is 0 Å². The third kappa shape index (κ3) is 2.14. The second-order valence-electron chi connectivity index (χ2n) is 5.22. The number of nitrogens with zero attached hydrogens (tertiary/aromatic N) is 1. The molecule has 1 amide bonds. The molecule has 4 nitrogen and oxygen atoms in total. The average Bonchev–Trinajstić information content (AvgIpc) is 2.87. The smallest absolute Gasteiger partial charge is 0.294 e. The van der Waals surface area contributed by atoms with E-state index in [1.807, 2.05) is 0 Å². The molecule has 6 heteroatoms. The molecular formula is C17H9Cl2NO3. The Morgan fingerprint density at radius 3 is 2.48 bits per heavy atom. The molecule has 1 aromatic heterocycles. The van der Waals surface area contributed by atoms with Crippen LogP contribution in [0.5, 0.6) is 0 Å². The summed E-state index contributed by atoms with van der Waals surface area (Å²) in [7, 11) is 0. The lowest BCUT2D eigenvalue weighted by atomic mass is 10.1. The van der Waals surface area contributed by atoms with Crippen LogP contribution >= 0.6 is 23.2 Å². The van der Waals surface area contributed by atoms with Gasteiger partial charge in [-0.2, -0.15) is 0 Å². The quantitative estimate of drug-likeness (QED) is 0.662. The summed E-state index contributed by atoms with van der Waals surface area (Å²) < 4.78 is 5.65. The van der Waals surface area contributed by atoms with E-state index in [2.05, 4.69) is 0 Å². The summed E-state index contributed by atoms with van der Waals surface area (Å²) in [5, 5.41) is 1.26. The number of para-hydroxylation sites is 1. The summed E-state index contributed by atoms with van der Waals surface area (Å²) in [6, 6.07) is 11.8. The molecule has 0 N–H and O–H groups in total. The van der Waals surface area contributed by atoms with Crippen molar-refractivity contribution in [3.8, 4) is 0 Å². The highest BCUT2D eigenvalue weighted by atomic mass is 35.5. The topological polar surface area (TPSA) is 50.5 Å². The van der Waals surface area contributed by atoms with E-state index < -0.39 is 0 Å². The van der Waals surface area contributed by atoms with Gasteiger partial charge in [-0.1, -0.05) is 29.3 Å². The van der Waals surface area contributed by atoms with E-state index in [9.17, 15) is 9.59 Å². The summed E-state index contributed by atoms with van der Waals surface area (Å²) in [5.41, 5.74) is 1.01. The van der Waals surface area contributed by atoms with Gasteiger partial charge in [-0.05, 0) is 36.4 Å². The highest BCUT2D eigenvalue weighted by Crippen LogP contribution is 2.31. The highest BCUT2D eigenvalue weighted by molar-refractivity contribution is 6.34. The summed E-state index contributed by atoms with van der Waals surface area (Å²) in [6.07, 6.45) is 0. The number of carbonyl (C=O) groups excluding carboxylic acids is 1. The first-order valence-corrected chi connectivity index (χ1v) is 7.63. The van der Waals surface area contributed by atoms with Gasteiger partial charge >= 0.3 is 0 Å². The number of rotatable bonds is 1. The Balaban J connectivity index is 1.90. The molecule has 4 rings (SSSR count). The number of fused-ring (bicyclic) bond motifs is 2. The number of hydrogen-bond donors (Lipinski definition) is 0. The fourth-order valence-electron chi connectivity index (χ4n) is 2.72. The van der Waals surface area contributed by atoms with Gasteiger partial charge < -0.3 is 9.32 Å². The van der Waals surface area contributed by atoms with Crippen molar-refractivity contribution in [2.24, 2.45) is 0 Å². The minimum absolute atomic E-state index is 0.0468. The molecule has 0 saturated carbocycles. The van der Waals surface area contributed by atoms with Gasteiger partial charge in [0.1, 0.15) is 0 Å². The zero-order chi connectivity index (χ0) is 16.1. The number of hydrogen-bond acceptors (Lipinski definition) is 3. The third-order valence-electron chi connectivity index (χ3n) is 3.86. The lowest BCUT2D eigenvalue weighted by Crippen LogP contribution is -2.23. The number of anilines is 1. The second kappa shape index (κ2) is 5.11. The van der Waals surface area contributed by atoms with E-state index in [1.165, 1.54) is 4.90 Å². The molecule has 0 bridgehead atoms. The maximum absolute atomic E-state index is 12.6. The molecule has 0 aliphatic carbocycles. The van der Waals surface area contributed by atoms with Gasteiger partial charge in [-0.25, -0.2) is 0 Å². The highest BCUT2D eigenvalue weighted by Gasteiger charge is 2.34. The van der Waals surface area contributed by atoms with E-state index in [4.69, 9.17) is 27.6 Å². The normalized spacial score (nSPS) is 13.7. The average molecular weight is 346 g/mol. The van der Waals surface area contributed by atoms with E-state index in [0.29, 0.717) is 26.7 Å². The molecule has 1 aliphatic rings. The van der Waals surface area contributed by atoms with Crippen LogP contribution in [-0.4, -0.2) is 5.91 Å². The lowest BCUT2D eigenvalue weighted by molar-refractivity contribution is 0.0973. The Morgan fingerprint density at radius 2 is 1.74 bits per heavy atom. The van der Waals surface area contributed by atoms with Crippen LogP contribution in [0.3, 0.4) is 0 Å². The second-order valence-corrected chi connectivity index (χ2v) is 6.07. The van der Waals surface area contributed by atoms with Crippen molar-refractivity contribution < 1.29 is 9.21 Å². The predicted octanol–water partition coefficient (Wildman–Crippen LogP) is 4.26. The van der Waals surface area contributed by atoms with E-state index in [1.54, 1.807) is 42.5 Å². The molecule has 2 heterocycles. The summed E-state index contributed by atoms with van der Waals surface area (Å²) in [5.74, 6) is -0.313. The lowest BCUT2D eigenvalue weighted by Gasteiger charge is -2.14. The summed E-state index contributed by atoms with van der Waals surface area (Å²) in [4.78, 5) is 26.7. The van der Waals surface area contributed by atoms with E-state index in [0.717, 1.165) is 0 Å². The van der Waals surface area contributed by atoms with Gasteiger partial charge in [-0.3, -0.25) is 9.59 Å². The largest absolute Gasteiger partial charge is 0.449 e. The van der Waals surface area contributed by atoms with E-state index >= 15 is 0 Å². The molecule has 2 aromatic carbocycles. The van der Waals surface area contributed by atoms with Gasteiger partial charge in [0.05, 0.1) is 22.5 Å². The van der Waals surface area contributed by atoms with Crippen LogP contribution in [0.15, 0.2) is 51.7 Å². The fourth-order valence-corrected chi connectivity index (χ4v) is 3.06. The summed E-state index contributed by atoms with van der Waals surface area (Å²) in [6.45, 7) is 0.167. The first kappa shape index (κ1) is 14.3. The van der Waals surface area contributed by atoms with Gasteiger partial charge in [0.15, 0.2) is 11.0 Å². The molecule has 1 aliphatic heterocycles. The number of carbonyl (C=O) groups is 1. The minimum atomic E-state index is -0.360. The molecule has 0 atom stereocenters. The van der Waals surface area contributed by atoms with Crippen molar-refractivity contribution in [2.75, 3.05) is 4.90 Å². The predicted molar refractivity (Wildman–Crippen MR) is 89.5 cm³/mol. The van der Waals surface area contributed by atoms with Crippen LogP contribution in [0.25, 0.3) is 11.0 Å². The first-order valence-electron chi connectivity index (χ1n) is 6.88. The molecule has 0 saturated heterocycles. The van der Waals surface area contributed by atoms with Crippen molar-refractivity contribution in [3.63, 3.8) is 0 Å². The van der Waals surface area contributed by atoms with Crippen molar-refractivity contribution in [3.05, 3.63) is 74.1 Å². The minimum Gasteiger partial charge on any atom is -0.449 e. The Kier molecular flexibility index (Phi) is 3.18. The zero-order valence-corrected chi connectivity index (χ0v) is 13.2. The summed E-state index contributed by atoms with van der Waals surface area (Å²) >= 11 is 11.9. The van der Waals surface area contributed by atoms with Crippen LogP contribution in [0, 0.1) is 0 Å². The van der Waals surface area contributed by atoms with E-state index in [-0.39, 0.29) is 29.2 Å². The fraction of sp³-hybridized carbons (Fsp3) is 0.0588. The van der Waals surface area contributed by atoms with Crippen LogP contribution in [0.1, 0.15) is 16.1 Å². The SMILES string of the molecule is O=C1c2oc3c(Cl)cccc3c(=O)c2CN1c1ccc(Cl)cc1. The van der Waals surface area contributed by atoms with Crippen molar-refractivity contribution in [1.29, 1.82) is 0 Å². The van der Waals surface area contributed by atoms with Crippen LogP contribution in [0.4, 0.5) is 5.69 Å². The van der Waals surface area contributed by atoms with Gasteiger partial charge in [-0.15, -0.1) is 0 Å². The zero-order valence-electron chi connectivity index (χ0n) is 11.7. The number of benzene rings is 2. The maximum atomic E-state index is 12.6. The monoisotopic (exact) mass is 345 g/mol. The molecule has 0 unspecified atom stereocenters. The van der Waals surface area contributed by atoms with Crippen LogP contribution in [0.2, 0.25) is 10.0 Å². The van der Waals surface area contributed by atoms with Crippen molar-refractivity contribution >= 4 is 45.8 Å². The van der Waals surface area contributed by atoms with Crippen LogP contribution in [-0.2, 0) is 6.54 Å². The van der Waals surface area contributed by atoms with Crippen molar-refractivity contribution in [2.45, 2.75) is 6.54 Å². The number of halogens is 2. The Labute approximate surface area is 140 Å². The Hall–Kier alpha value is -2.30. The van der Waals surface area contributed by atoms with Crippen LogP contribution < -0.4 is 10.3 Å². The Bertz CT molecular complexity index is 1010. The molecule has 23 heavy (non-hydrogen) atoms. The number of amides is 1. The molecule has 0 fully saturated rings. The molecule has 114 valence electrons. The standard InChI is InChI=1S/C17H9Cl2NO3/c18-9-4-6-10(7-5-9)20-8-12-14(21)11-2-1-3-13(19)15(11)23-16(12)17(20)22/h1-7H,8H2. The molecule has 3 aromatic rings. The van der Waals surface area contributed by atoms with Gasteiger partial charge in [0.25, 0.3) is 5.91 Å². The molecular weight excluding hydrogens is 337 g/mol.